The third-order valence-electron chi connectivity index (χ3n) is 4.85. The minimum Gasteiger partial charge on any atom is -0.481 e. The smallest absolute Gasteiger partial charge is 0.311 e. The Morgan fingerprint density at radius 1 is 1.10 bits per heavy atom. The first-order chi connectivity index (χ1) is 10.1. The molecule has 1 aromatic rings. The van der Waals surface area contributed by atoms with Gasteiger partial charge in [0.25, 0.3) is 0 Å². The number of carboxylic acids is 1. The number of carbonyl (C=O) groups excluding carboxylic acids is 1. The van der Waals surface area contributed by atoms with Gasteiger partial charge in [-0.05, 0) is 48.4 Å². The van der Waals surface area contributed by atoms with Crippen LogP contribution in [0.15, 0.2) is 12.1 Å². The van der Waals surface area contributed by atoms with Crippen LogP contribution in [0.25, 0.3) is 0 Å². The van der Waals surface area contributed by atoms with Gasteiger partial charge < -0.3 is 5.11 Å². The Bertz CT molecular complexity index is 588. The standard InChI is InChI=1S/C17H19ClO3/c18-15-9-13-11(17(20)21)6-7-16(19)14(13)8-12(15)10-4-2-1-3-5-10/h8-11H,1-7H2,(H,20,21). The normalized spacial score (nSPS) is 22.9. The number of rotatable bonds is 2. The van der Waals surface area contributed by atoms with E-state index >= 15 is 0 Å². The van der Waals surface area contributed by atoms with E-state index in [0.29, 0.717) is 34.9 Å². The Morgan fingerprint density at radius 3 is 2.48 bits per heavy atom. The van der Waals surface area contributed by atoms with Crippen LogP contribution in [-0.2, 0) is 4.79 Å². The zero-order chi connectivity index (χ0) is 15.0. The zero-order valence-electron chi connectivity index (χ0n) is 11.9. The van der Waals surface area contributed by atoms with Crippen molar-refractivity contribution >= 4 is 23.4 Å². The first kappa shape index (κ1) is 14.6. The lowest BCUT2D eigenvalue weighted by Gasteiger charge is -2.27. The van der Waals surface area contributed by atoms with Crippen molar-refractivity contribution < 1.29 is 14.7 Å². The summed E-state index contributed by atoms with van der Waals surface area (Å²) in [6, 6.07) is 3.61. The highest BCUT2D eigenvalue weighted by molar-refractivity contribution is 6.31. The summed E-state index contributed by atoms with van der Waals surface area (Å²) in [5.74, 6) is -1.01. The summed E-state index contributed by atoms with van der Waals surface area (Å²) in [6.07, 6.45) is 6.56. The summed E-state index contributed by atoms with van der Waals surface area (Å²) in [5.41, 5.74) is 2.22. The summed E-state index contributed by atoms with van der Waals surface area (Å²) in [4.78, 5) is 23.5. The summed E-state index contributed by atoms with van der Waals surface area (Å²) < 4.78 is 0. The Labute approximate surface area is 129 Å². The minimum atomic E-state index is -0.870. The molecule has 3 rings (SSSR count). The van der Waals surface area contributed by atoms with Crippen LogP contribution in [0.3, 0.4) is 0 Å². The van der Waals surface area contributed by atoms with Crippen LogP contribution in [0.4, 0.5) is 0 Å². The number of Topliss-reactive ketones (excluding diaryl/α,β-unsaturated/α-hetero) is 1. The van der Waals surface area contributed by atoms with E-state index < -0.39 is 11.9 Å². The van der Waals surface area contributed by atoms with Gasteiger partial charge in [0.15, 0.2) is 5.78 Å². The van der Waals surface area contributed by atoms with Crippen molar-refractivity contribution in [2.45, 2.75) is 56.8 Å². The predicted octanol–water partition coefficient (Wildman–Crippen LogP) is 4.53. The van der Waals surface area contributed by atoms with Crippen LogP contribution in [0.1, 0.15) is 78.3 Å². The van der Waals surface area contributed by atoms with Gasteiger partial charge >= 0.3 is 5.97 Å². The average Bonchev–Trinajstić information content (AvgIpc) is 2.47. The maximum absolute atomic E-state index is 12.2. The van der Waals surface area contributed by atoms with E-state index in [0.717, 1.165) is 18.4 Å². The molecule has 0 radical (unpaired) electrons. The monoisotopic (exact) mass is 306 g/mol. The van der Waals surface area contributed by atoms with Gasteiger partial charge in [-0.15, -0.1) is 0 Å². The van der Waals surface area contributed by atoms with Crippen LogP contribution >= 0.6 is 11.6 Å². The largest absolute Gasteiger partial charge is 0.481 e. The molecular weight excluding hydrogens is 288 g/mol. The maximum Gasteiger partial charge on any atom is 0.311 e. The van der Waals surface area contributed by atoms with Crippen molar-refractivity contribution in [3.63, 3.8) is 0 Å². The zero-order valence-corrected chi connectivity index (χ0v) is 12.7. The number of hydrogen-bond donors (Lipinski definition) is 1. The van der Waals surface area contributed by atoms with Crippen molar-refractivity contribution in [2.24, 2.45) is 0 Å². The van der Waals surface area contributed by atoms with E-state index in [-0.39, 0.29) is 5.78 Å². The van der Waals surface area contributed by atoms with Crippen molar-refractivity contribution in [3.05, 3.63) is 33.8 Å². The second kappa shape index (κ2) is 5.80. The Kier molecular flexibility index (Phi) is 4.03. The molecule has 0 bridgehead atoms. The first-order valence-corrected chi connectivity index (χ1v) is 8.05. The summed E-state index contributed by atoms with van der Waals surface area (Å²) in [7, 11) is 0. The number of hydrogen-bond acceptors (Lipinski definition) is 2. The molecule has 21 heavy (non-hydrogen) atoms. The molecule has 2 aliphatic carbocycles. The molecule has 112 valence electrons. The topological polar surface area (TPSA) is 54.4 Å². The fourth-order valence-corrected chi connectivity index (χ4v) is 4.01. The lowest BCUT2D eigenvalue weighted by Crippen LogP contribution is -2.22. The molecule has 1 unspecified atom stereocenters. The molecule has 0 saturated heterocycles. The van der Waals surface area contributed by atoms with E-state index in [9.17, 15) is 14.7 Å². The lowest BCUT2D eigenvalue weighted by atomic mass is 9.78. The fraction of sp³-hybridized carbons (Fsp3) is 0.529. The highest BCUT2D eigenvalue weighted by Gasteiger charge is 2.32. The molecule has 1 N–H and O–H groups in total. The fourth-order valence-electron chi connectivity index (χ4n) is 3.68. The van der Waals surface area contributed by atoms with E-state index in [1.54, 1.807) is 6.07 Å². The lowest BCUT2D eigenvalue weighted by molar-refractivity contribution is -0.139. The Hall–Kier alpha value is -1.35. The number of carboxylic acid groups (broad SMARTS) is 1. The van der Waals surface area contributed by atoms with Crippen LogP contribution in [0.2, 0.25) is 5.02 Å². The molecule has 0 amide bonds. The van der Waals surface area contributed by atoms with Crippen LogP contribution in [0.5, 0.6) is 0 Å². The van der Waals surface area contributed by atoms with E-state index in [4.69, 9.17) is 11.6 Å². The molecular formula is C17H19ClO3. The second-order valence-corrected chi connectivity index (χ2v) is 6.56. The number of ketones is 1. The summed E-state index contributed by atoms with van der Waals surface area (Å²) in [5, 5.41) is 9.95. The average molecular weight is 307 g/mol. The Morgan fingerprint density at radius 2 is 1.81 bits per heavy atom. The molecule has 4 heteroatoms. The molecule has 0 aromatic heterocycles. The van der Waals surface area contributed by atoms with Crippen molar-refractivity contribution in [3.8, 4) is 0 Å². The van der Waals surface area contributed by atoms with Crippen molar-refractivity contribution in [1.29, 1.82) is 0 Å². The molecule has 3 nitrogen and oxygen atoms in total. The maximum atomic E-state index is 12.2. The van der Waals surface area contributed by atoms with Crippen LogP contribution in [0, 0.1) is 0 Å². The highest BCUT2D eigenvalue weighted by atomic mass is 35.5. The minimum absolute atomic E-state index is 0.0521. The molecule has 1 saturated carbocycles. The number of aliphatic carboxylic acids is 1. The third-order valence-corrected chi connectivity index (χ3v) is 5.18. The van der Waals surface area contributed by atoms with Gasteiger partial charge in [-0.2, -0.15) is 0 Å². The van der Waals surface area contributed by atoms with E-state index in [1.165, 1.54) is 19.3 Å². The molecule has 2 aliphatic rings. The van der Waals surface area contributed by atoms with Gasteiger partial charge in [-0.25, -0.2) is 0 Å². The SMILES string of the molecule is O=C1CCC(C(=O)O)c2cc(Cl)c(C3CCCCC3)cc21. The summed E-state index contributed by atoms with van der Waals surface area (Å²) in [6.45, 7) is 0. The number of fused-ring (bicyclic) bond motifs is 1. The highest BCUT2D eigenvalue weighted by Crippen LogP contribution is 2.41. The van der Waals surface area contributed by atoms with E-state index in [2.05, 4.69) is 0 Å². The first-order valence-electron chi connectivity index (χ1n) is 7.67. The molecule has 1 aromatic carbocycles. The van der Waals surface area contributed by atoms with Crippen molar-refractivity contribution in [1.82, 2.24) is 0 Å². The second-order valence-electron chi connectivity index (χ2n) is 6.15. The van der Waals surface area contributed by atoms with Crippen LogP contribution in [-0.4, -0.2) is 16.9 Å². The number of carbonyl (C=O) groups is 2. The van der Waals surface area contributed by atoms with Gasteiger partial charge in [-0.1, -0.05) is 30.9 Å². The summed E-state index contributed by atoms with van der Waals surface area (Å²) >= 11 is 6.41. The van der Waals surface area contributed by atoms with Gasteiger partial charge in [0.1, 0.15) is 0 Å². The van der Waals surface area contributed by atoms with Gasteiger partial charge in [-0.3, -0.25) is 9.59 Å². The molecule has 1 fully saturated rings. The molecule has 0 heterocycles. The van der Waals surface area contributed by atoms with Crippen LogP contribution < -0.4 is 0 Å². The van der Waals surface area contributed by atoms with Gasteiger partial charge in [0.2, 0.25) is 0 Å². The molecule has 1 atom stereocenters. The number of benzene rings is 1. The number of halogens is 1. The van der Waals surface area contributed by atoms with Crippen molar-refractivity contribution in [2.75, 3.05) is 0 Å². The third kappa shape index (κ3) is 2.71. The van der Waals surface area contributed by atoms with E-state index in [1.807, 2.05) is 6.07 Å². The molecule has 0 aliphatic heterocycles. The Balaban J connectivity index is 2.04. The predicted molar refractivity (Wildman–Crippen MR) is 81.2 cm³/mol. The quantitative estimate of drug-likeness (QED) is 0.873. The van der Waals surface area contributed by atoms with Gasteiger partial charge in [0, 0.05) is 17.0 Å². The van der Waals surface area contributed by atoms with Gasteiger partial charge in [0.05, 0.1) is 5.92 Å². The molecule has 0 spiro atoms.